The second-order valence-corrected chi connectivity index (χ2v) is 8.40. The first-order chi connectivity index (χ1) is 15.0. The van der Waals surface area contributed by atoms with E-state index in [9.17, 15) is 14.0 Å². The molecule has 2 heterocycles. The minimum absolute atomic E-state index is 0.0851. The maximum atomic E-state index is 13.2. The number of rotatable bonds is 6. The van der Waals surface area contributed by atoms with Crippen LogP contribution in [0.4, 0.5) is 10.1 Å². The van der Waals surface area contributed by atoms with Crippen LogP contribution in [-0.4, -0.2) is 27.2 Å². The predicted molar refractivity (Wildman–Crippen MR) is 118 cm³/mol. The number of carbonyl (C=O) groups excluding carboxylic acids is 2. The van der Waals surface area contributed by atoms with E-state index in [-0.39, 0.29) is 24.1 Å². The smallest absolute Gasteiger partial charge is 0.251 e. The molecule has 0 unspecified atom stereocenters. The van der Waals surface area contributed by atoms with Crippen molar-refractivity contribution in [1.29, 1.82) is 0 Å². The van der Waals surface area contributed by atoms with Crippen LogP contribution < -0.4 is 10.6 Å². The van der Waals surface area contributed by atoms with Crippen LogP contribution in [0.15, 0.2) is 60.1 Å². The van der Waals surface area contributed by atoms with E-state index in [1.165, 1.54) is 23.5 Å². The lowest BCUT2D eigenvalue weighted by Gasteiger charge is -2.07. The zero-order valence-corrected chi connectivity index (χ0v) is 17.3. The van der Waals surface area contributed by atoms with Gasteiger partial charge in [-0.1, -0.05) is 0 Å². The standard InChI is InChI=1S/C23H19FN4O2S/c24-16-5-1-14(2-6-16)20-12-28-19(13-31-23(28)27-20)11-21(29)25-17-7-3-15(4-8-17)22(30)26-18-9-10-18/h1-8,12-13,18H,9-11H2,(H,25,29)(H,26,30). The average molecular weight is 434 g/mol. The number of nitrogens with zero attached hydrogens (tertiary/aromatic N) is 2. The molecule has 2 N–H and O–H groups in total. The molecule has 0 atom stereocenters. The normalized spacial score (nSPS) is 13.3. The van der Waals surface area contributed by atoms with E-state index in [2.05, 4.69) is 15.6 Å². The van der Waals surface area contributed by atoms with Gasteiger partial charge in [0, 0.05) is 40.1 Å². The molecule has 1 aliphatic carbocycles. The summed E-state index contributed by atoms with van der Waals surface area (Å²) in [7, 11) is 0. The summed E-state index contributed by atoms with van der Waals surface area (Å²) >= 11 is 1.45. The summed E-state index contributed by atoms with van der Waals surface area (Å²) in [5.74, 6) is -0.538. The lowest BCUT2D eigenvalue weighted by molar-refractivity contribution is -0.115. The fourth-order valence-corrected chi connectivity index (χ4v) is 4.16. The van der Waals surface area contributed by atoms with Gasteiger partial charge >= 0.3 is 0 Å². The van der Waals surface area contributed by atoms with Gasteiger partial charge in [-0.25, -0.2) is 9.37 Å². The SMILES string of the molecule is O=C(Cc1csc2nc(-c3ccc(F)cc3)cn12)Nc1ccc(C(=O)NC2CC2)cc1. The quantitative estimate of drug-likeness (QED) is 0.476. The summed E-state index contributed by atoms with van der Waals surface area (Å²) in [5.41, 5.74) is 3.58. The summed E-state index contributed by atoms with van der Waals surface area (Å²) < 4.78 is 15.0. The van der Waals surface area contributed by atoms with Gasteiger partial charge in [-0.15, -0.1) is 11.3 Å². The second-order valence-electron chi connectivity index (χ2n) is 7.56. The number of hydrogen-bond acceptors (Lipinski definition) is 4. The third kappa shape index (κ3) is 4.34. The average Bonchev–Trinajstić information content (AvgIpc) is 3.35. The number of halogens is 1. The van der Waals surface area contributed by atoms with E-state index in [0.29, 0.717) is 17.3 Å². The number of amides is 2. The van der Waals surface area contributed by atoms with Crippen molar-refractivity contribution in [2.24, 2.45) is 0 Å². The molecule has 0 radical (unpaired) electrons. The molecule has 1 saturated carbocycles. The molecule has 5 rings (SSSR count). The third-order valence-corrected chi connectivity index (χ3v) is 6.00. The van der Waals surface area contributed by atoms with Crippen molar-refractivity contribution in [2.45, 2.75) is 25.3 Å². The maximum Gasteiger partial charge on any atom is 0.251 e. The van der Waals surface area contributed by atoms with E-state index in [4.69, 9.17) is 0 Å². The number of imidazole rings is 1. The summed E-state index contributed by atoms with van der Waals surface area (Å²) in [5, 5.41) is 7.71. The van der Waals surface area contributed by atoms with Crippen molar-refractivity contribution < 1.29 is 14.0 Å². The van der Waals surface area contributed by atoms with Crippen LogP contribution in [0.2, 0.25) is 0 Å². The molecule has 2 aromatic heterocycles. The Morgan fingerprint density at radius 2 is 1.84 bits per heavy atom. The topological polar surface area (TPSA) is 75.5 Å². The van der Waals surface area contributed by atoms with Gasteiger partial charge in [-0.05, 0) is 61.4 Å². The van der Waals surface area contributed by atoms with Crippen LogP contribution >= 0.6 is 11.3 Å². The van der Waals surface area contributed by atoms with Crippen LogP contribution in [0, 0.1) is 5.82 Å². The van der Waals surface area contributed by atoms with Gasteiger partial charge in [0.2, 0.25) is 5.91 Å². The number of benzene rings is 2. The Labute approximate surface area is 181 Å². The third-order valence-electron chi connectivity index (χ3n) is 5.11. The molecule has 0 bridgehead atoms. The van der Waals surface area contributed by atoms with Crippen molar-refractivity contribution in [3.63, 3.8) is 0 Å². The highest BCUT2D eigenvalue weighted by molar-refractivity contribution is 7.15. The van der Waals surface area contributed by atoms with Crippen LogP contribution in [0.1, 0.15) is 28.9 Å². The Kier molecular flexibility index (Phi) is 4.99. The monoisotopic (exact) mass is 434 g/mol. The highest BCUT2D eigenvalue weighted by Gasteiger charge is 2.23. The van der Waals surface area contributed by atoms with Gasteiger partial charge in [-0.3, -0.25) is 14.0 Å². The minimum Gasteiger partial charge on any atom is -0.349 e. The van der Waals surface area contributed by atoms with Gasteiger partial charge in [0.1, 0.15) is 5.82 Å². The summed E-state index contributed by atoms with van der Waals surface area (Å²) in [6, 6.07) is 13.4. The van der Waals surface area contributed by atoms with Gasteiger partial charge in [0.15, 0.2) is 4.96 Å². The predicted octanol–water partition coefficient (Wildman–Crippen LogP) is 4.28. The molecule has 0 aliphatic heterocycles. The molecule has 1 fully saturated rings. The lowest BCUT2D eigenvalue weighted by Crippen LogP contribution is -2.25. The van der Waals surface area contributed by atoms with Crippen molar-refractivity contribution in [2.75, 3.05) is 5.32 Å². The van der Waals surface area contributed by atoms with E-state index >= 15 is 0 Å². The minimum atomic E-state index is -0.293. The van der Waals surface area contributed by atoms with E-state index in [1.807, 2.05) is 16.0 Å². The summed E-state index contributed by atoms with van der Waals surface area (Å²) in [4.78, 5) is 29.9. The van der Waals surface area contributed by atoms with Crippen molar-refractivity contribution >= 4 is 33.8 Å². The van der Waals surface area contributed by atoms with Crippen LogP contribution in [0.5, 0.6) is 0 Å². The molecule has 156 valence electrons. The fraction of sp³-hybridized carbons (Fsp3) is 0.174. The molecule has 8 heteroatoms. The zero-order valence-electron chi connectivity index (χ0n) is 16.5. The van der Waals surface area contributed by atoms with Crippen molar-refractivity contribution in [3.8, 4) is 11.3 Å². The number of carbonyl (C=O) groups is 2. The number of fused-ring (bicyclic) bond motifs is 1. The molecule has 1 aliphatic rings. The second kappa shape index (κ2) is 7.96. The van der Waals surface area contributed by atoms with Crippen LogP contribution in [-0.2, 0) is 11.2 Å². The largest absolute Gasteiger partial charge is 0.349 e. The van der Waals surface area contributed by atoms with Gasteiger partial charge in [-0.2, -0.15) is 0 Å². The van der Waals surface area contributed by atoms with Crippen molar-refractivity contribution in [3.05, 3.63) is 77.2 Å². The lowest BCUT2D eigenvalue weighted by atomic mass is 10.2. The summed E-state index contributed by atoms with van der Waals surface area (Å²) in [6.07, 6.45) is 4.12. The van der Waals surface area contributed by atoms with Crippen molar-refractivity contribution in [1.82, 2.24) is 14.7 Å². The van der Waals surface area contributed by atoms with E-state index in [0.717, 1.165) is 34.8 Å². The number of hydrogen-bond donors (Lipinski definition) is 2. The molecular weight excluding hydrogens is 415 g/mol. The summed E-state index contributed by atoms with van der Waals surface area (Å²) in [6.45, 7) is 0. The van der Waals surface area contributed by atoms with Crippen LogP contribution in [0.25, 0.3) is 16.2 Å². The first-order valence-electron chi connectivity index (χ1n) is 9.97. The first-order valence-corrected chi connectivity index (χ1v) is 10.9. The molecule has 2 amide bonds. The Morgan fingerprint density at radius 3 is 2.55 bits per heavy atom. The highest BCUT2D eigenvalue weighted by atomic mass is 32.1. The number of thiazole rings is 1. The van der Waals surface area contributed by atoms with Gasteiger partial charge < -0.3 is 10.6 Å². The Bertz CT molecular complexity index is 1260. The molecule has 4 aromatic rings. The van der Waals surface area contributed by atoms with Gasteiger partial charge in [0.25, 0.3) is 5.91 Å². The molecule has 0 spiro atoms. The van der Waals surface area contributed by atoms with Gasteiger partial charge in [0.05, 0.1) is 12.1 Å². The van der Waals surface area contributed by atoms with E-state index in [1.54, 1.807) is 36.4 Å². The number of aromatic nitrogens is 2. The Hall–Kier alpha value is -3.52. The molecule has 31 heavy (non-hydrogen) atoms. The maximum absolute atomic E-state index is 13.2. The molecule has 6 nitrogen and oxygen atoms in total. The number of anilines is 1. The first kappa shape index (κ1) is 19.4. The highest BCUT2D eigenvalue weighted by Crippen LogP contribution is 2.24. The zero-order chi connectivity index (χ0) is 21.4. The van der Waals surface area contributed by atoms with Crippen LogP contribution in [0.3, 0.4) is 0 Å². The number of nitrogens with one attached hydrogen (secondary N) is 2. The fourth-order valence-electron chi connectivity index (χ4n) is 3.29. The molecule has 0 saturated heterocycles. The Balaban J connectivity index is 1.25. The molecule has 2 aromatic carbocycles. The van der Waals surface area contributed by atoms with E-state index < -0.39 is 0 Å². The Morgan fingerprint density at radius 1 is 1.10 bits per heavy atom. The molecular formula is C23H19FN4O2S.